The van der Waals surface area contributed by atoms with E-state index in [0.717, 1.165) is 5.56 Å². The smallest absolute Gasteiger partial charge is 0.241 e. The number of aromatic nitrogens is 2. The lowest BCUT2D eigenvalue weighted by Gasteiger charge is -2.25. The summed E-state index contributed by atoms with van der Waals surface area (Å²) in [5.41, 5.74) is 7.12. The quantitative estimate of drug-likeness (QED) is 0.908. The molecule has 21 heavy (non-hydrogen) atoms. The number of anilines is 1. The highest BCUT2D eigenvalue weighted by Crippen LogP contribution is 2.20. The van der Waals surface area contributed by atoms with Crippen LogP contribution in [0.2, 0.25) is 0 Å². The molecule has 1 heterocycles. The van der Waals surface area contributed by atoms with E-state index in [0.29, 0.717) is 11.5 Å². The molecule has 0 aliphatic heterocycles. The van der Waals surface area contributed by atoms with E-state index in [9.17, 15) is 4.79 Å². The van der Waals surface area contributed by atoms with Gasteiger partial charge in [0.1, 0.15) is 0 Å². The third kappa shape index (κ3) is 4.27. The van der Waals surface area contributed by atoms with Gasteiger partial charge in [-0.15, -0.1) is 12.4 Å². The van der Waals surface area contributed by atoms with Crippen molar-refractivity contribution in [2.45, 2.75) is 26.8 Å². The maximum Gasteiger partial charge on any atom is 0.241 e. The van der Waals surface area contributed by atoms with Gasteiger partial charge in [0.2, 0.25) is 18.1 Å². The van der Waals surface area contributed by atoms with Crippen molar-refractivity contribution in [3.63, 3.8) is 0 Å². The predicted molar refractivity (Wildman–Crippen MR) is 83.0 cm³/mol. The Morgan fingerprint density at radius 3 is 2.38 bits per heavy atom. The molecule has 0 saturated heterocycles. The van der Waals surface area contributed by atoms with Crippen molar-refractivity contribution in [1.82, 2.24) is 10.1 Å². The first-order valence-corrected chi connectivity index (χ1v) is 6.31. The molecule has 0 spiro atoms. The third-order valence-corrected chi connectivity index (χ3v) is 2.99. The zero-order chi connectivity index (χ0) is 14.8. The van der Waals surface area contributed by atoms with Crippen LogP contribution in [-0.2, 0) is 4.79 Å². The second-order valence-electron chi connectivity index (χ2n) is 5.67. The molecule has 6 nitrogen and oxygen atoms in total. The standard InChI is InChI=1S/C14H18N4O2.ClH/c1-14(2,3)11(15)13(19)17-10-6-4-9(5-7-10)12-16-8-20-18-12;/h4-8,11H,15H2,1-3H3,(H,17,19);1H/t11-;/m1./s1. The molecule has 0 fully saturated rings. The number of halogens is 1. The first-order chi connectivity index (χ1) is 9.38. The van der Waals surface area contributed by atoms with Crippen LogP contribution < -0.4 is 11.1 Å². The minimum absolute atomic E-state index is 0. The van der Waals surface area contributed by atoms with Gasteiger partial charge in [-0.2, -0.15) is 4.98 Å². The predicted octanol–water partition coefficient (Wildman–Crippen LogP) is 2.47. The molecular weight excluding hydrogens is 292 g/mol. The number of benzene rings is 1. The summed E-state index contributed by atoms with van der Waals surface area (Å²) in [7, 11) is 0. The molecule has 0 unspecified atom stereocenters. The number of hydrogen-bond donors (Lipinski definition) is 2. The number of nitrogens with one attached hydrogen (secondary N) is 1. The Hall–Kier alpha value is -1.92. The normalized spacial score (nSPS) is 12.4. The van der Waals surface area contributed by atoms with Crippen molar-refractivity contribution in [3.05, 3.63) is 30.7 Å². The lowest BCUT2D eigenvalue weighted by molar-refractivity contribution is -0.119. The Morgan fingerprint density at radius 1 is 1.29 bits per heavy atom. The van der Waals surface area contributed by atoms with Gasteiger partial charge in [0.05, 0.1) is 6.04 Å². The molecule has 1 aromatic heterocycles. The van der Waals surface area contributed by atoms with Gasteiger partial charge < -0.3 is 15.6 Å². The Morgan fingerprint density at radius 2 is 1.90 bits per heavy atom. The monoisotopic (exact) mass is 310 g/mol. The van der Waals surface area contributed by atoms with Gasteiger partial charge in [-0.25, -0.2) is 0 Å². The van der Waals surface area contributed by atoms with Crippen LogP contribution >= 0.6 is 12.4 Å². The fourth-order valence-corrected chi connectivity index (χ4v) is 1.61. The molecule has 0 aliphatic carbocycles. The number of amides is 1. The highest BCUT2D eigenvalue weighted by atomic mass is 35.5. The summed E-state index contributed by atoms with van der Waals surface area (Å²) in [6, 6.07) is 6.60. The number of carbonyl (C=O) groups is 1. The van der Waals surface area contributed by atoms with Gasteiger partial charge >= 0.3 is 0 Å². The van der Waals surface area contributed by atoms with Gasteiger partial charge in [0.15, 0.2) is 0 Å². The first kappa shape index (κ1) is 17.1. The minimum atomic E-state index is -0.570. The average molecular weight is 311 g/mol. The molecule has 0 aliphatic rings. The minimum Gasteiger partial charge on any atom is -0.342 e. The van der Waals surface area contributed by atoms with Crippen molar-refractivity contribution in [3.8, 4) is 11.4 Å². The number of nitrogens with zero attached hydrogens (tertiary/aromatic N) is 2. The third-order valence-electron chi connectivity index (χ3n) is 2.99. The van der Waals surface area contributed by atoms with Crippen LogP contribution in [-0.4, -0.2) is 22.1 Å². The first-order valence-electron chi connectivity index (χ1n) is 6.31. The van der Waals surface area contributed by atoms with Gasteiger partial charge in [0.25, 0.3) is 0 Å². The van der Waals surface area contributed by atoms with Crippen molar-refractivity contribution >= 4 is 24.0 Å². The Balaban J connectivity index is 0.00000220. The largest absolute Gasteiger partial charge is 0.342 e. The van der Waals surface area contributed by atoms with Crippen LogP contribution in [0, 0.1) is 5.41 Å². The molecule has 2 aromatic rings. The molecule has 2 rings (SSSR count). The molecule has 1 aromatic carbocycles. The van der Waals surface area contributed by atoms with E-state index >= 15 is 0 Å². The van der Waals surface area contributed by atoms with Crippen LogP contribution in [0.15, 0.2) is 35.2 Å². The summed E-state index contributed by atoms with van der Waals surface area (Å²) in [4.78, 5) is 15.9. The molecule has 1 amide bonds. The number of carbonyl (C=O) groups excluding carboxylic acids is 1. The fraction of sp³-hybridized carbons (Fsp3) is 0.357. The van der Waals surface area contributed by atoms with Gasteiger partial charge in [-0.3, -0.25) is 4.79 Å². The van der Waals surface area contributed by atoms with E-state index in [1.165, 1.54) is 6.39 Å². The van der Waals surface area contributed by atoms with Crippen LogP contribution in [0.1, 0.15) is 20.8 Å². The molecule has 0 radical (unpaired) electrons. The number of hydrogen-bond acceptors (Lipinski definition) is 5. The average Bonchev–Trinajstić information content (AvgIpc) is 2.91. The van der Waals surface area contributed by atoms with E-state index in [1.807, 2.05) is 32.9 Å². The summed E-state index contributed by atoms with van der Waals surface area (Å²) >= 11 is 0. The van der Waals surface area contributed by atoms with Gasteiger partial charge in [0, 0.05) is 11.3 Å². The van der Waals surface area contributed by atoms with E-state index in [4.69, 9.17) is 5.73 Å². The maximum atomic E-state index is 12.0. The summed E-state index contributed by atoms with van der Waals surface area (Å²) in [5.74, 6) is 0.305. The SMILES string of the molecule is CC(C)(C)[C@H](N)C(=O)Nc1ccc(-c2ncon2)cc1.Cl. The maximum absolute atomic E-state index is 12.0. The zero-order valence-electron chi connectivity index (χ0n) is 12.2. The second-order valence-corrected chi connectivity index (χ2v) is 5.67. The van der Waals surface area contributed by atoms with E-state index in [-0.39, 0.29) is 23.7 Å². The van der Waals surface area contributed by atoms with E-state index in [2.05, 4.69) is 20.0 Å². The van der Waals surface area contributed by atoms with Gasteiger partial charge in [-0.1, -0.05) is 25.9 Å². The molecular formula is C14H19ClN4O2. The van der Waals surface area contributed by atoms with E-state index < -0.39 is 6.04 Å². The molecule has 114 valence electrons. The summed E-state index contributed by atoms with van der Waals surface area (Å²) in [6.07, 6.45) is 1.27. The van der Waals surface area contributed by atoms with Crippen molar-refractivity contribution in [2.24, 2.45) is 11.1 Å². The lowest BCUT2D eigenvalue weighted by Crippen LogP contribution is -2.45. The molecule has 3 N–H and O–H groups in total. The number of rotatable bonds is 3. The van der Waals surface area contributed by atoms with E-state index in [1.54, 1.807) is 12.1 Å². The molecule has 0 bridgehead atoms. The zero-order valence-corrected chi connectivity index (χ0v) is 13.0. The summed E-state index contributed by atoms with van der Waals surface area (Å²) < 4.78 is 4.69. The van der Waals surface area contributed by atoms with Gasteiger partial charge in [-0.05, 0) is 29.7 Å². The summed E-state index contributed by atoms with van der Waals surface area (Å²) in [5, 5.41) is 6.54. The topological polar surface area (TPSA) is 94.0 Å². The van der Waals surface area contributed by atoms with Crippen LogP contribution in [0.3, 0.4) is 0 Å². The van der Waals surface area contributed by atoms with Crippen molar-refractivity contribution in [2.75, 3.05) is 5.32 Å². The second kappa shape index (κ2) is 6.69. The van der Waals surface area contributed by atoms with Crippen molar-refractivity contribution < 1.29 is 9.32 Å². The Kier molecular flexibility index (Phi) is 5.46. The van der Waals surface area contributed by atoms with Crippen LogP contribution in [0.5, 0.6) is 0 Å². The van der Waals surface area contributed by atoms with Crippen molar-refractivity contribution in [1.29, 1.82) is 0 Å². The molecule has 7 heteroatoms. The van der Waals surface area contributed by atoms with Crippen LogP contribution in [0.25, 0.3) is 11.4 Å². The lowest BCUT2D eigenvalue weighted by atomic mass is 9.87. The summed E-state index contributed by atoms with van der Waals surface area (Å²) in [6.45, 7) is 5.78. The molecule has 1 atom stereocenters. The van der Waals surface area contributed by atoms with Crippen LogP contribution in [0.4, 0.5) is 5.69 Å². The highest BCUT2D eigenvalue weighted by Gasteiger charge is 2.27. The number of nitrogens with two attached hydrogens (primary N) is 1. The highest BCUT2D eigenvalue weighted by molar-refractivity contribution is 5.95. The Labute approximate surface area is 129 Å². The fourth-order valence-electron chi connectivity index (χ4n) is 1.61. The Bertz CT molecular complexity index is 576. The molecule has 0 saturated carbocycles.